The standard InChI is InChI=1S/C24H28N2O2/c1-16-17(2)23(24(27)25-18(3)21-11-7-6-8-12-21)26(19(16)4)15-20-10-9-13-22(14-20)28-5/h6-14,18H,15H2,1-5H3,(H,25,27)/t18-/m0/s1. The van der Waals surface area contributed by atoms with Gasteiger partial charge in [-0.25, -0.2) is 0 Å². The SMILES string of the molecule is COc1cccc(Cn2c(C)c(C)c(C)c2C(=O)N[C@@H](C)c2ccccc2)c1. The molecule has 0 fully saturated rings. The van der Waals surface area contributed by atoms with Gasteiger partial charge in [-0.15, -0.1) is 0 Å². The number of carbonyl (C=O) groups is 1. The van der Waals surface area contributed by atoms with E-state index >= 15 is 0 Å². The number of ether oxygens (including phenoxy) is 1. The molecule has 0 unspecified atom stereocenters. The molecule has 0 bridgehead atoms. The summed E-state index contributed by atoms with van der Waals surface area (Å²) in [5.74, 6) is 0.771. The molecule has 1 heterocycles. The average Bonchev–Trinajstić information content (AvgIpc) is 2.92. The number of methoxy groups -OCH3 is 1. The van der Waals surface area contributed by atoms with Gasteiger partial charge in [-0.05, 0) is 62.1 Å². The number of rotatable bonds is 6. The van der Waals surface area contributed by atoms with E-state index < -0.39 is 0 Å². The van der Waals surface area contributed by atoms with E-state index in [1.807, 2.05) is 62.4 Å². The fraction of sp³-hybridized carbons (Fsp3) is 0.292. The minimum absolute atomic E-state index is 0.0482. The molecule has 3 aromatic rings. The molecular weight excluding hydrogens is 348 g/mol. The van der Waals surface area contributed by atoms with Crippen LogP contribution in [0.4, 0.5) is 0 Å². The van der Waals surface area contributed by atoms with E-state index in [-0.39, 0.29) is 11.9 Å². The fourth-order valence-electron chi connectivity index (χ4n) is 3.56. The molecule has 0 radical (unpaired) electrons. The second kappa shape index (κ2) is 8.34. The Hall–Kier alpha value is -3.01. The minimum Gasteiger partial charge on any atom is -0.497 e. The Kier molecular flexibility index (Phi) is 5.88. The third-order valence-electron chi connectivity index (χ3n) is 5.47. The normalized spacial score (nSPS) is 11.9. The molecule has 0 aliphatic carbocycles. The van der Waals surface area contributed by atoms with Crippen molar-refractivity contribution in [3.05, 3.63) is 88.2 Å². The van der Waals surface area contributed by atoms with Crippen LogP contribution in [0.25, 0.3) is 0 Å². The first-order valence-electron chi connectivity index (χ1n) is 9.57. The Balaban J connectivity index is 1.92. The fourth-order valence-corrected chi connectivity index (χ4v) is 3.56. The van der Waals surface area contributed by atoms with Crippen molar-refractivity contribution in [1.82, 2.24) is 9.88 Å². The highest BCUT2D eigenvalue weighted by atomic mass is 16.5. The number of nitrogens with zero attached hydrogens (tertiary/aromatic N) is 1. The number of nitrogens with one attached hydrogen (secondary N) is 1. The van der Waals surface area contributed by atoms with Gasteiger partial charge in [0.25, 0.3) is 5.91 Å². The zero-order valence-electron chi connectivity index (χ0n) is 17.2. The summed E-state index contributed by atoms with van der Waals surface area (Å²) in [6.45, 7) is 8.80. The van der Waals surface area contributed by atoms with Gasteiger partial charge in [-0.1, -0.05) is 42.5 Å². The number of benzene rings is 2. The molecule has 0 saturated heterocycles. The highest BCUT2D eigenvalue weighted by Crippen LogP contribution is 2.24. The number of amides is 1. The van der Waals surface area contributed by atoms with Crippen molar-refractivity contribution in [3.63, 3.8) is 0 Å². The molecule has 3 rings (SSSR count). The first kappa shape index (κ1) is 19.7. The molecule has 0 aliphatic rings. The first-order valence-corrected chi connectivity index (χ1v) is 9.57. The molecule has 1 amide bonds. The molecule has 1 aromatic heterocycles. The van der Waals surface area contributed by atoms with E-state index in [1.54, 1.807) is 7.11 Å². The van der Waals surface area contributed by atoms with E-state index in [9.17, 15) is 4.79 Å². The smallest absolute Gasteiger partial charge is 0.268 e. The summed E-state index contributed by atoms with van der Waals surface area (Å²) in [4.78, 5) is 13.2. The van der Waals surface area contributed by atoms with Gasteiger partial charge in [-0.3, -0.25) is 4.79 Å². The Morgan fingerprint density at radius 2 is 1.75 bits per heavy atom. The molecule has 0 spiro atoms. The van der Waals surface area contributed by atoms with Crippen LogP contribution < -0.4 is 10.1 Å². The lowest BCUT2D eigenvalue weighted by Gasteiger charge is -2.17. The van der Waals surface area contributed by atoms with Crippen molar-refractivity contribution < 1.29 is 9.53 Å². The lowest BCUT2D eigenvalue weighted by atomic mass is 10.1. The summed E-state index contributed by atoms with van der Waals surface area (Å²) in [6, 6.07) is 17.9. The molecule has 2 aromatic carbocycles. The Morgan fingerprint density at radius 1 is 1.04 bits per heavy atom. The largest absolute Gasteiger partial charge is 0.497 e. The number of carbonyl (C=O) groups excluding carboxylic acids is 1. The van der Waals surface area contributed by atoms with E-state index in [2.05, 4.69) is 29.8 Å². The van der Waals surface area contributed by atoms with Gasteiger partial charge in [0.05, 0.1) is 13.2 Å². The molecule has 1 N–H and O–H groups in total. The maximum atomic E-state index is 13.2. The second-order valence-corrected chi connectivity index (χ2v) is 7.23. The van der Waals surface area contributed by atoms with Gasteiger partial charge in [0.1, 0.15) is 11.4 Å². The Labute approximate surface area is 167 Å². The zero-order chi connectivity index (χ0) is 20.3. The highest BCUT2D eigenvalue weighted by Gasteiger charge is 2.22. The van der Waals surface area contributed by atoms with Crippen LogP contribution in [0.1, 0.15) is 51.4 Å². The van der Waals surface area contributed by atoms with Gasteiger partial charge in [0.2, 0.25) is 0 Å². The van der Waals surface area contributed by atoms with E-state index in [4.69, 9.17) is 4.74 Å². The Bertz CT molecular complexity index is 974. The van der Waals surface area contributed by atoms with Crippen LogP contribution in [-0.4, -0.2) is 17.6 Å². The van der Waals surface area contributed by atoms with Crippen LogP contribution in [-0.2, 0) is 6.54 Å². The van der Waals surface area contributed by atoms with Crippen molar-refractivity contribution in [1.29, 1.82) is 0 Å². The number of hydrogen-bond acceptors (Lipinski definition) is 2. The molecule has 0 aliphatic heterocycles. The minimum atomic E-state index is -0.0612. The molecule has 4 nitrogen and oxygen atoms in total. The molecule has 28 heavy (non-hydrogen) atoms. The molecule has 146 valence electrons. The summed E-state index contributed by atoms with van der Waals surface area (Å²) >= 11 is 0. The van der Waals surface area contributed by atoms with Crippen molar-refractivity contribution in [2.24, 2.45) is 0 Å². The third-order valence-corrected chi connectivity index (χ3v) is 5.47. The molecular formula is C24H28N2O2. The summed E-state index contributed by atoms with van der Waals surface area (Å²) in [5, 5.41) is 3.16. The van der Waals surface area contributed by atoms with Crippen LogP contribution >= 0.6 is 0 Å². The van der Waals surface area contributed by atoms with Crippen LogP contribution in [0.5, 0.6) is 5.75 Å². The summed E-state index contributed by atoms with van der Waals surface area (Å²) in [6.07, 6.45) is 0. The van der Waals surface area contributed by atoms with E-state index in [0.29, 0.717) is 6.54 Å². The van der Waals surface area contributed by atoms with Crippen LogP contribution in [0.15, 0.2) is 54.6 Å². The van der Waals surface area contributed by atoms with Crippen molar-refractivity contribution >= 4 is 5.91 Å². The van der Waals surface area contributed by atoms with Gasteiger partial charge < -0.3 is 14.6 Å². The van der Waals surface area contributed by atoms with Gasteiger partial charge in [-0.2, -0.15) is 0 Å². The van der Waals surface area contributed by atoms with Gasteiger partial charge in [0, 0.05) is 12.2 Å². The predicted molar refractivity (Wildman–Crippen MR) is 113 cm³/mol. The lowest BCUT2D eigenvalue weighted by molar-refractivity contribution is 0.0930. The highest BCUT2D eigenvalue weighted by molar-refractivity contribution is 5.95. The topological polar surface area (TPSA) is 43.3 Å². The van der Waals surface area contributed by atoms with Gasteiger partial charge >= 0.3 is 0 Å². The van der Waals surface area contributed by atoms with Crippen molar-refractivity contribution in [2.75, 3.05) is 7.11 Å². The monoisotopic (exact) mass is 376 g/mol. The quantitative estimate of drug-likeness (QED) is 0.661. The summed E-state index contributed by atoms with van der Waals surface area (Å²) in [7, 11) is 1.66. The lowest BCUT2D eigenvalue weighted by Crippen LogP contribution is -2.29. The summed E-state index contributed by atoms with van der Waals surface area (Å²) in [5.41, 5.74) is 6.20. The van der Waals surface area contributed by atoms with Crippen LogP contribution in [0.2, 0.25) is 0 Å². The number of aromatic nitrogens is 1. The Morgan fingerprint density at radius 3 is 2.43 bits per heavy atom. The van der Waals surface area contributed by atoms with Crippen LogP contribution in [0.3, 0.4) is 0 Å². The summed E-state index contributed by atoms with van der Waals surface area (Å²) < 4.78 is 7.45. The molecule has 1 atom stereocenters. The third kappa shape index (κ3) is 3.96. The van der Waals surface area contributed by atoms with Crippen molar-refractivity contribution in [3.8, 4) is 5.75 Å². The second-order valence-electron chi connectivity index (χ2n) is 7.23. The predicted octanol–water partition coefficient (Wildman–Crippen LogP) is 4.96. The van der Waals surface area contributed by atoms with Crippen molar-refractivity contribution in [2.45, 2.75) is 40.3 Å². The average molecular weight is 376 g/mol. The van der Waals surface area contributed by atoms with E-state index in [0.717, 1.165) is 39.4 Å². The molecule has 4 heteroatoms. The molecule has 0 saturated carbocycles. The zero-order valence-corrected chi connectivity index (χ0v) is 17.2. The maximum absolute atomic E-state index is 13.2. The number of hydrogen-bond donors (Lipinski definition) is 1. The maximum Gasteiger partial charge on any atom is 0.268 e. The van der Waals surface area contributed by atoms with Gasteiger partial charge in [0.15, 0.2) is 0 Å². The van der Waals surface area contributed by atoms with E-state index in [1.165, 1.54) is 0 Å². The first-order chi connectivity index (χ1) is 13.4. The van der Waals surface area contributed by atoms with Crippen LogP contribution in [0, 0.1) is 20.8 Å².